The molecular weight excluding hydrogens is 333 g/mol. The molecule has 0 fully saturated rings. The van der Waals surface area contributed by atoms with E-state index in [1.54, 1.807) is 0 Å². The zero-order chi connectivity index (χ0) is 18.6. The van der Waals surface area contributed by atoms with Crippen molar-refractivity contribution < 1.29 is 22.8 Å². The van der Waals surface area contributed by atoms with Crippen LogP contribution in [0.1, 0.15) is 23.1 Å². The minimum atomic E-state index is -4.59. The highest BCUT2D eigenvalue weighted by atomic mass is 19.4. The summed E-state index contributed by atoms with van der Waals surface area (Å²) in [7, 11) is 0. The number of halogens is 3. The molecule has 0 spiro atoms. The molecule has 7 heteroatoms. The number of alkyl halides is 3. The van der Waals surface area contributed by atoms with Gasteiger partial charge in [0.1, 0.15) is 6.42 Å². The van der Waals surface area contributed by atoms with Crippen molar-refractivity contribution in [1.29, 1.82) is 0 Å². The van der Waals surface area contributed by atoms with E-state index in [1.807, 2.05) is 32.0 Å². The van der Waals surface area contributed by atoms with Gasteiger partial charge in [-0.3, -0.25) is 9.59 Å². The Morgan fingerprint density at radius 3 is 2.04 bits per heavy atom. The third-order valence-corrected chi connectivity index (χ3v) is 3.57. The highest BCUT2D eigenvalue weighted by Gasteiger charge is 2.33. The maximum atomic E-state index is 12.9. The number of amides is 2. The summed E-state index contributed by atoms with van der Waals surface area (Å²) in [5.74, 6) is -1.42. The van der Waals surface area contributed by atoms with Gasteiger partial charge in [0.25, 0.3) is 0 Å². The molecule has 0 aliphatic heterocycles. The van der Waals surface area contributed by atoms with Crippen molar-refractivity contribution >= 4 is 23.2 Å². The van der Waals surface area contributed by atoms with Gasteiger partial charge in [0.15, 0.2) is 0 Å². The van der Waals surface area contributed by atoms with Crippen LogP contribution in [0.3, 0.4) is 0 Å². The lowest BCUT2D eigenvalue weighted by Crippen LogP contribution is -2.23. The van der Waals surface area contributed by atoms with Crippen molar-refractivity contribution in [2.75, 3.05) is 10.6 Å². The van der Waals surface area contributed by atoms with Crippen LogP contribution in [0, 0.1) is 13.8 Å². The molecular formula is C18H17F3N2O2. The fraction of sp³-hybridized carbons (Fsp3) is 0.222. The molecule has 2 N–H and O–H groups in total. The second-order valence-corrected chi connectivity index (χ2v) is 5.58. The number of carbonyl (C=O) groups is 2. The molecule has 0 saturated heterocycles. The van der Waals surface area contributed by atoms with E-state index in [-0.39, 0.29) is 5.69 Å². The van der Waals surface area contributed by atoms with Gasteiger partial charge in [-0.25, -0.2) is 0 Å². The molecule has 0 aliphatic rings. The quantitative estimate of drug-likeness (QED) is 0.808. The summed E-state index contributed by atoms with van der Waals surface area (Å²) in [5.41, 5.74) is 0.918. The molecule has 0 aliphatic carbocycles. The van der Waals surface area contributed by atoms with Crippen molar-refractivity contribution in [1.82, 2.24) is 0 Å². The lowest BCUT2D eigenvalue weighted by molar-refractivity contribution is -0.137. The fourth-order valence-electron chi connectivity index (χ4n) is 2.37. The van der Waals surface area contributed by atoms with E-state index in [0.29, 0.717) is 5.69 Å². The highest BCUT2D eigenvalue weighted by Crippen LogP contribution is 2.34. The summed E-state index contributed by atoms with van der Waals surface area (Å²) >= 11 is 0. The van der Waals surface area contributed by atoms with E-state index in [0.717, 1.165) is 23.3 Å². The van der Waals surface area contributed by atoms with Crippen LogP contribution in [0.25, 0.3) is 0 Å². The van der Waals surface area contributed by atoms with Crippen molar-refractivity contribution in [3.05, 3.63) is 59.2 Å². The molecule has 0 unspecified atom stereocenters. The Kier molecular flexibility index (Phi) is 5.46. The number of hydrogen-bond acceptors (Lipinski definition) is 2. The zero-order valence-corrected chi connectivity index (χ0v) is 13.7. The van der Waals surface area contributed by atoms with E-state index in [4.69, 9.17) is 0 Å². The van der Waals surface area contributed by atoms with Crippen LogP contribution in [-0.2, 0) is 15.8 Å². The normalized spacial score (nSPS) is 11.1. The average molecular weight is 350 g/mol. The van der Waals surface area contributed by atoms with Crippen LogP contribution in [0.15, 0.2) is 42.5 Å². The molecule has 0 bridgehead atoms. The second kappa shape index (κ2) is 7.38. The maximum Gasteiger partial charge on any atom is 0.418 e. The molecule has 0 saturated carbocycles. The van der Waals surface area contributed by atoms with Crippen LogP contribution < -0.4 is 10.6 Å². The van der Waals surface area contributed by atoms with E-state index in [1.165, 1.54) is 12.1 Å². The molecule has 4 nitrogen and oxygen atoms in total. The van der Waals surface area contributed by atoms with Crippen molar-refractivity contribution in [3.63, 3.8) is 0 Å². The van der Waals surface area contributed by atoms with Crippen LogP contribution in [0.4, 0.5) is 24.5 Å². The highest BCUT2D eigenvalue weighted by molar-refractivity contribution is 6.08. The van der Waals surface area contributed by atoms with Crippen LogP contribution >= 0.6 is 0 Å². The Morgan fingerprint density at radius 2 is 1.44 bits per heavy atom. The predicted molar refractivity (Wildman–Crippen MR) is 89.2 cm³/mol. The minimum absolute atomic E-state index is 0.375. The summed E-state index contributed by atoms with van der Waals surface area (Å²) in [4.78, 5) is 23.9. The van der Waals surface area contributed by atoms with Gasteiger partial charge in [-0.05, 0) is 37.1 Å². The van der Waals surface area contributed by atoms with Crippen LogP contribution in [0.5, 0.6) is 0 Å². The first kappa shape index (κ1) is 18.5. The lowest BCUT2D eigenvalue weighted by Gasteiger charge is -2.14. The molecule has 0 aromatic heterocycles. The van der Waals surface area contributed by atoms with Crippen molar-refractivity contribution in [3.8, 4) is 0 Å². The zero-order valence-electron chi connectivity index (χ0n) is 13.7. The van der Waals surface area contributed by atoms with Gasteiger partial charge in [0.05, 0.1) is 11.3 Å². The number of rotatable bonds is 4. The minimum Gasteiger partial charge on any atom is -0.325 e. The van der Waals surface area contributed by atoms with Crippen molar-refractivity contribution in [2.45, 2.75) is 26.4 Å². The molecule has 0 atom stereocenters. The summed E-state index contributed by atoms with van der Waals surface area (Å²) < 4.78 is 38.7. The number of benzene rings is 2. The van der Waals surface area contributed by atoms with Crippen molar-refractivity contribution in [2.24, 2.45) is 0 Å². The smallest absolute Gasteiger partial charge is 0.325 e. The molecule has 2 aromatic rings. The standard InChI is InChI=1S/C18H17F3N2O2/c1-11-6-5-7-12(2)17(11)23-16(25)10-15(24)22-14-9-4-3-8-13(14)18(19,20)21/h3-9H,10H2,1-2H3,(H,22,24)(H,23,25). The van der Waals surface area contributed by atoms with E-state index < -0.39 is 30.0 Å². The van der Waals surface area contributed by atoms with Gasteiger partial charge in [0, 0.05) is 5.69 Å². The summed E-state index contributed by atoms with van der Waals surface area (Å²) in [6.07, 6.45) is -5.18. The third-order valence-electron chi connectivity index (χ3n) is 3.57. The number of para-hydroxylation sites is 2. The SMILES string of the molecule is Cc1cccc(C)c1NC(=O)CC(=O)Nc1ccccc1C(F)(F)F. The number of hydrogen-bond donors (Lipinski definition) is 2. The number of aryl methyl sites for hydroxylation is 2. The Labute approximate surface area is 143 Å². The van der Waals surface area contributed by atoms with Gasteiger partial charge in [-0.1, -0.05) is 30.3 Å². The molecule has 2 aromatic carbocycles. The Bertz CT molecular complexity index is 781. The van der Waals surface area contributed by atoms with Gasteiger partial charge >= 0.3 is 6.18 Å². The number of nitrogens with one attached hydrogen (secondary N) is 2. The predicted octanol–water partition coefficient (Wildman–Crippen LogP) is 4.29. The third kappa shape index (κ3) is 4.82. The Hall–Kier alpha value is -2.83. The van der Waals surface area contributed by atoms with Crippen LogP contribution in [0.2, 0.25) is 0 Å². The lowest BCUT2D eigenvalue weighted by atomic mass is 10.1. The largest absolute Gasteiger partial charge is 0.418 e. The summed E-state index contributed by atoms with van der Waals surface area (Å²) in [6, 6.07) is 10.1. The number of anilines is 2. The first-order valence-corrected chi connectivity index (χ1v) is 7.50. The molecule has 0 heterocycles. The van der Waals surface area contributed by atoms with Gasteiger partial charge in [-0.15, -0.1) is 0 Å². The Balaban J connectivity index is 2.05. The Morgan fingerprint density at radius 1 is 0.880 bits per heavy atom. The molecule has 132 valence electrons. The van der Waals surface area contributed by atoms with E-state index in [9.17, 15) is 22.8 Å². The molecule has 25 heavy (non-hydrogen) atoms. The van der Waals surface area contributed by atoms with Gasteiger partial charge in [0.2, 0.25) is 11.8 Å². The van der Waals surface area contributed by atoms with Gasteiger partial charge < -0.3 is 10.6 Å². The van der Waals surface area contributed by atoms with E-state index in [2.05, 4.69) is 10.6 Å². The topological polar surface area (TPSA) is 58.2 Å². The molecule has 0 radical (unpaired) electrons. The summed E-state index contributed by atoms with van der Waals surface area (Å²) in [6.45, 7) is 3.62. The molecule has 2 amide bonds. The fourth-order valence-corrected chi connectivity index (χ4v) is 2.37. The van der Waals surface area contributed by atoms with E-state index >= 15 is 0 Å². The summed E-state index contributed by atoms with van der Waals surface area (Å²) in [5, 5.41) is 4.76. The first-order valence-electron chi connectivity index (χ1n) is 7.50. The number of carbonyl (C=O) groups excluding carboxylic acids is 2. The monoisotopic (exact) mass is 350 g/mol. The van der Waals surface area contributed by atoms with Gasteiger partial charge in [-0.2, -0.15) is 13.2 Å². The van der Waals surface area contributed by atoms with Crippen LogP contribution in [-0.4, -0.2) is 11.8 Å². The molecule has 2 rings (SSSR count). The average Bonchev–Trinajstić information content (AvgIpc) is 2.50. The first-order chi connectivity index (χ1) is 11.7. The maximum absolute atomic E-state index is 12.9. The second-order valence-electron chi connectivity index (χ2n) is 5.58.